The number of hydrogen-bond acceptors (Lipinski definition) is 5. The van der Waals surface area contributed by atoms with Crippen molar-refractivity contribution in [3.05, 3.63) is 59.2 Å². The van der Waals surface area contributed by atoms with Crippen LogP contribution in [0.4, 0.5) is 10.5 Å². The number of anilines is 1. The summed E-state index contributed by atoms with van der Waals surface area (Å²) in [5.74, 6) is 0.204. The van der Waals surface area contributed by atoms with E-state index in [1.807, 2.05) is 38.1 Å². The van der Waals surface area contributed by atoms with Gasteiger partial charge in [0, 0.05) is 25.2 Å². The van der Waals surface area contributed by atoms with Gasteiger partial charge in [-0.3, -0.25) is 9.59 Å². The van der Waals surface area contributed by atoms with Gasteiger partial charge in [-0.25, -0.2) is 4.79 Å². The van der Waals surface area contributed by atoms with Gasteiger partial charge in [0.25, 0.3) is 5.91 Å². The summed E-state index contributed by atoms with van der Waals surface area (Å²) in [6.07, 6.45) is -0.425. The molecular weight excluding hydrogens is 422 g/mol. The van der Waals surface area contributed by atoms with E-state index in [1.54, 1.807) is 39.0 Å². The van der Waals surface area contributed by atoms with E-state index in [2.05, 4.69) is 16.0 Å². The zero-order chi connectivity index (χ0) is 24.4. The van der Waals surface area contributed by atoms with Crippen molar-refractivity contribution >= 4 is 23.6 Å². The second-order valence-corrected chi connectivity index (χ2v) is 8.69. The van der Waals surface area contributed by atoms with Crippen LogP contribution in [-0.2, 0) is 20.9 Å². The van der Waals surface area contributed by atoms with Gasteiger partial charge < -0.3 is 25.4 Å². The third kappa shape index (κ3) is 9.64. The van der Waals surface area contributed by atoms with Crippen LogP contribution in [0.3, 0.4) is 0 Å². The van der Waals surface area contributed by atoms with Crippen LogP contribution in [0.5, 0.6) is 5.75 Å². The van der Waals surface area contributed by atoms with E-state index in [1.165, 1.54) is 0 Å². The van der Waals surface area contributed by atoms with Gasteiger partial charge in [-0.15, -0.1) is 0 Å². The highest BCUT2D eigenvalue weighted by molar-refractivity contribution is 5.92. The van der Waals surface area contributed by atoms with Gasteiger partial charge in [0.15, 0.2) is 6.61 Å². The molecule has 2 aromatic rings. The normalized spacial score (nSPS) is 10.8. The predicted molar refractivity (Wildman–Crippen MR) is 127 cm³/mol. The Balaban J connectivity index is 1.75. The van der Waals surface area contributed by atoms with Gasteiger partial charge >= 0.3 is 6.09 Å². The van der Waals surface area contributed by atoms with E-state index in [9.17, 15) is 14.4 Å². The van der Waals surface area contributed by atoms with Gasteiger partial charge in [-0.2, -0.15) is 0 Å². The summed E-state index contributed by atoms with van der Waals surface area (Å²) in [7, 11) is 0. The fraction of sp³-hybridized carbons (Fsp3) is 0.400. The number of hydrogen-bond donors (Lipinski definition) is 3. The number of ether oxygens (including phenoxy) is 2. The molecule has 0 aliphatic carbocycles. The summed E-state index contributed by atoms with van der Waals surface area (Å²) >= 11 is 0. The van der Waals surface area contributed by atoms with Gasteiger partial charge in [-0.05, 0) is 69.5 Å². The van der Waals surface area contributed by atoms with Crippen LogP contribution in [0.1, 0.15) is 43.9 Å². The minimum absolute atomic E-state index is 0.101. The first kappa shape index (κ1) is 25.7. The van der Waals surface area contributed by atoms with Crippen molar-refractivity contribution in [2.75, 3.05) is 18.5 Å². The average Bonchev–Trinajstić information content (AvgIpc) is 2.72. The zero-order valence-corrected chi connectivity index (χ0v) is 19.9. The summed E-state index contributed by atoms with van der Waals surface area (Å²) < 4.78 is 10.8. The number of rotatable bonds is 9. The quantitative estimate of drug-likeness (QED) is 0.533. The maximum Gasteiger partial charge on any atom is 0.407 e. The molecule has 0 aliphatic rings. The molecule has 0 bridgehead atoms. The van der Waals surface area contributed by atoms with Crippen molar-refractivity contribution in [3.63, 3.8) is 0 Å². The first-order chi connectivity index (χ1) is 15.5. The minimum Gasteiger partial charge on any atom is -0.483 e. The molecule has 8 nitrogen and oxygen atoms in total. The number of nitrogens with one attached hydrogen (secondary N) is 3. The lowest BCUT2D eigenvalue weighted by Crippen LogP contribution is -2.35. The van der Waals surface area contributed by atoms with E-state index in [0.29, 0.717) is 18.0 Å². The van der Waals surface area contributed by atoms with Gasteiger partial charge in [0.2, 0.25) is 5.91 Å². The standard InChI is InChI=1S/C25H33N3O5/c1-17-8-6-11-21(18(17)2)32-16-23(30)28-20-10-7-9-19(14-20)15-27-22(29)12-13-26-24(31)33-25(3,4)5/h6-11,14H,12-13,15-16H2,1-5H3,(H,26,31)(H,27,29)(H,28,30). The lowest BCUT2D eigenvalue weighted by molar-refractivity contribution is -0.121. The lowest BCUT2D eigenvalue weighted by Gasteiger charge is -2.19. The van der Waals surface area contributed by atoms with Crippen molar-refractivity contribution in [2.45, 2.75) is 53.2 Å². The zero-order valence-electron chi connectivity index (χ0n) is 19.9. The molecule has 0 saturated carbocycles. The van der Waals surface area contributed by atoms with Crippen LogP contribution < -0.4 is 20.7 Å². The van der Waals surface area contributed by atoms with Crippen LogP contribution in [0.15, 0.2) is 42.5 Å². The summed E-state index contributed by atoms with van der Waals surface area (Å²) in [5, 5.41) is 8.14. The molecule has 3 N–H and O–H groups in total. The molecule has 0 heterocycles. The Morgan fingerprint density at radius 1 is 0.939 bits per heavy atom. The molecule has 0 aliphatic heterocycles. The smallest absolute Gasteiger partial charge is 0.407 e. The van der Waals surface area contributed by atoms with Crippen molar-refractivity contribution in [1.29, 1.82) is 0 Å². The van der Waals surface area contributed by atoms with Crippen LogP contribution in [-0.4, -0.2) is 36.7 Å². The fourth-order valence-corrected chi connectivity index (χ4v) is 2.86. The summed E-state index contributed by atoms with van der Waals surface area (Å²) in [6, 6.07) is 12.9. The Morgan fingerprint density at radius 2 is 1.67 bits per heavy atom. The number of carbonyl (C=O) groups excluding carboxylic acids is 3. The van der Waals surface area contributed by atoms with Crippen LogP contribution in [0.2, 0.25) is 0 Å². The number of alkyl carbamates (subject to hydrolysis) is 1. The fourth-order valence-electron chi connectivity index (χ4n) is 2.86. The lowest BCUT2D eigenvalue weighted by atomic mass is 10.1. The van der Waals surface area contributed by atoms with Crippen molar-refractivity contribution in [2.24, 2.45) is 0 Å². The van der Waals surface area contributed by atoms with Crippen LogP contribution >= 0.6 is 0 Å². The number of aryl methyl sites for hydroxylation is 1. The summed E-state index contributed by atoms with van der Waals surface area (Å²) in [4.78, 5) is 35.9. The molecule has 0 spiro atoms. The molecule has 8 heteroatoms. The Morgan fingerprint density at radius 3 is 2.39 bits per heavy atom. The van der Waals surface area contributed by atoms with E-state index < -0.39 is 11.7 Å². The Kier molecular flexibility index (Phi) is 9.27. The Labute approximate surface area is 195 Å². The molecule has 0 aromatic heterocycles. The first-order valence-electron chi connectivity index (χ1n) is 10.8. The third-order valence-corrected chi connectivity index (χ3v) is 4.63. The first-order valence-corrected chi connectivity index (χ1v) is 10.8. The average molecular weight is 456 g/mol. The topological polar surface area (TPSA) is 106 Å². The van der Waals surface area contributed by atoms with Crippen molar-refractivity contribution < 1.29 is 23.9 Å². The maximum absolute atomic E-state index is 12.3. The molecule has 0 fully saturated rings. The van der Waals surface area contributed by atoms with E-state index in [4.69, 9.17) is 9.47 Å². The monoisotopic (exact) mass is 455 g/mol. The largest absolute Gasteiger partial charge is 0.483 e. The van der Waals surface area contributed by atoms with Gasteiger partial charge in [-0.1, -0.05) is 24.3 Å². The Hall–Kier alpha value is -3.55. The highest BCUT2D eigenvalue weighted by Crippen LogP contribution is 2.20. The van der Waals surface area contributed by atoms with Crippen LogP contribution in [0.25, 0.3) is 0 Å². The molecule has 2 rings (SSSR count). The molecule has 0 unspecified atom stereocenters. The van der Waals surface area contributed by atoms with Gasteiger partial charge in [0.1, 0.15) is 11.4 Å². The van der Waals surface area contributed by atoms with E-state index in [0.717, 1.165) is 16.7 Å². The number of carbonyl (C=O) groups is 3. The number of benzene rings is 2. The summed E-state index contributed by atoms with van der Waals surface area (Å²) in [6.45, 7) is 9.63. The number of amides is 3. The molecular formula is C25H33N3O5. The minimum atomic E-state index is -0.585. The highest BCUT2D eigenvalue weighted by Gasteiger charge is 2.16. The second kappa shape index (κ2) is 11.9. The molecule has 33 heavy (non-hydrogen) atoms. The van der Waals surface area contributed by atoms with Gasteiger partial charge in [0.05, 0.1) is 0 Å². The van der Waals surface area contributed by atoms with Crippen LogP contribution in [0, 0.1) is 13.8 Å². The molecule has 0 atom stereocenters. The van der Waals surface area contributed by atoms with Crippen molar-refractivity contribution in [3.8, 4) is 5.75 Å². The third-order valence-electron chi connectivity index (χ3n) is 4.63. The van der Waals surface area contributed by atoms with E-state index >= 15 is 0 Å². The van der Waals surface area contributed by atoms with E-state index in [-0.39, 0.29) is 31.4 Å². The molecule has 0 saturated heterocycles. The molecule has 178 valence electrons. The predicted octanol–water partition coefficient (Wildman–Crippen LogP) is 3.85. The molecule has 0 radical (unpaired) electrons. The van der Waals surface area contributed by atoms with Crippen molar-refractivity contribution in [1.82, 2.24) is 10.6 Å². The molecule has 3 amide bonds. The Bertz CT molecular complexity index is 982. The molecule has 2 aromatic carbocycles. The SMILES string of the molecule is Cc1cccc(OCC(=O)Nc2cccc(CNC(=O)CCNC(=O)OC(C)(C)C)c2)c1C. The highest BCUT2D eigenvalue weighted by atomic mass is 16.6. The maximum atomic E-state index is 12.3. The second-order valence-electron chi connectivity index (χ2n) is 8.69. The summed E-state index contributed by atoms with van der Waals surface area (Å²) in [5.41, 5.74) is 2.96.